The van der Waals surface area contributed by atoms with Gasteiger partial charge < -0.3 is 9.88 Å². The van der Waals surface area contributed by atoms with Crippen LogP contribution in [0.3, 0.4) is 0 Å². The van der Waals surface area contributed by atoms with Crippen LogP contribution in [0.2, 0.25) is 0 Å². The van der Waals surface area contributed by atoms with E-state index in [1.807, 2.05) is 35.2 Å². The van der Waals surface area contributed by atoms with Gasteiger partial charge in [0.2, 0.25) is 5.91 Å². The Kier molecular flexibility index (Phi) is 5.49. The van der Waals surface area contributed by atoms with Crippen LogP contribution in [-0.4, -0.2) is 40.0 Å². The van der Waals surface area contributed by atoms with Crippen molar-refractivity contribution in [1.82, 2.24) is 19.8 Å². The van der Waals surface area contributed by atoms with Gasteiger partial charge in [-0.05, 0) is 36.6 Å². The molecular weight excluding hydrogens is 336 g/mol. The summed E-state index contributed by atoms with van der Waals surface area (Å²) in [4.78, 5) is 19.1. The Bertz CT molecular complexity index is 889. The Morgan fingerprint density at radius 2 is 1.93 bits per heavy atom. The van der Waals surface area contributed by atoms with Gasteiger partial charge in [-0.15, -0.1) is 0 Å². The second-order valence-electron chi connectivity index (χ2n) is 7.36. The molecule has 1 aliphatic rings. The Hall–Kier alpha value is -2.66. The van der Waals surface area contributed by atoms with E-state index in [2.05, 4.69) is 45.5 Å². The first-order chi connectivity index (χ1) is 13.3. The molecule has 4 rings (SSSR count). The molecule has 0 spiro atoms. The van der Waals surface area contributed by atoms with Crippen molar-refractivity contribution in [2.24, 2.45) is 5.92 Å². The highest BCUT2D eigenvalue weighted by Gasteiger charge is 2.22. The predicted octanol–water partition coefficient (Wildman–Crippen LogP) is 3.06. The van der Waals surface area contributed by atoms with Crippen molar-refractivity contribution in [2.75, 3.05) is 19.6 Å². The van der Waals surface area contributed by atoms with Crippen LogP contribution in [0, 0.1) is 5.92 Å². The molecule has 0 aliphatic carbocycles. The van der Waals surface area contributed by atoms with E-state index in [9.17, 15) is 4.79 Å². The number of carbonyl (C=O) groups excluding carboxylic acids is 1. The summed E-state index contributed by atoms with van der Waals surface area (Å²) in [7, 11) is 0. The van der Waals surface area contributed by atoms with Crippen LogP contribution in [-0.2, 0) is 17.9 Å². The highest BCUT2D eigenvalue weighted by molar-refractivity contribution is 5.77. The average molecular weight is 362 g/mol. The summed E-state index contributed by atoms with van der Waals surface area (Å²) in [5.74, 6) is 0.668. The molecule has 140 valence electrons. The van der Waals surface area contributed by atoms with Crippen LogP contribution in [0.4, 0.5) is 0 Å². The number of imidazole rings is 1. The number of likely N-dealkylation sites (tertiary alicyclic amines) is 1. The van der Waals surface area contributed by atoms with Crippen LogP contribution >= 0.6 is 0 Å². The number of carbonyl (C=O) groups is 1. The number of benzene rings is 2. The van der Waals surface area contributed by atoms with E-state index < -0.39 is 0 Å². The van der Waals surface area contributed by atoms with Crippen molar-refractivity contribution in [3.05, 3.63) is 66.5 Å². The summed E-state index contributed by atoms with van der Waals surface area (Å²) in [5, 5.41) is 3.12. The molecule has 1 N–H and O–H groups in total. The van der Waals surface area contributed by atoms with Crippen LogP contribution in [0.1, 0.15) is 18.4 Å². The number of amides is 1. The predicted molar refractivity (Wildman–Crippen MR) is 107 cm³/mol. The Balaban J connectivity index is 1.19. The van der Waals surface area contributed by atoms with Crippen LogP contribution in [0.25, 0.3) is 11.0 Å². The van der Waals surface area contributed by atoms with Gasteiger partial charge in [0.25, 0.3) is 0 Å². The normalized spacial score (nSPS) is 17.4. The SMILES string of the molecule is O=C(CCn1cnc2ccccc21)NCC1CCN(Cc2ccccc2)C1. The average Bonchev–Trinajstić information content (AvgIpc) is 3.32. The zero-order valence-electron chi connectivity index (χ0n) is 15.6. The molecular formula is C22H26N4O. The third kappa shape index (κ3) is 4.55. The minimum Gasteiger partial charge on any atom is -0.356 e. The first-order valence-electron chi connectivity index (χ1n) is 9.71. The zero-order chi connectivity index (χ0) is 18.5. The molecule has 2 aromatic carbocycles. The third-order valence-corrected chi connectivity index (χ3v) is 5.31. The standard InChI is InChI=1S/C22H26N4O/c27-22(11-13-26-17-24-20-8-4-5-9-21(20)26)23-14-19-10-12-25(16-19)15-18-6-2-1-3-7-18/h1-9,17,19H,10-16H2,(H,23,27). The molecule has 3 aromatic rings. The Morgan fingerprint density at radius 1 is 1.11 bits per heavy atom. The lowest BCUT2D eigenvalue weighted by Gasteiger charge is -2.16. The van der Waals surface area contributed by atoms with Crippen molar-refractivity contribution in [3.8, 4) is 0 Å². The highest BCUT2D eigenvalue weighted by Crippen LogP contribution is 2.18. The summed E-state index contributed by atoms with van der Waals surface area (Å²) in [6.45, 7) is 4.60. The maximum Gasteiger partial charge on any atom is 0.221 e. The first kappa shape index (κ1) is 17.7. The second-order valence-corrected chi connectivity index (χ2v) is 7.36. The quantitative estimate of drug-likeness (QED) is 0.703. The third-order valence-electron chi connectivity index (χ3n) is 5.31. The van der Waals surface area contributed by atoms with E-state index in [0.717, 1.165) is 43.6 Å². The molecule has 5 nitrogen and oxygen atoms in total. The van der Waals surface area contributed by atoms with Gasteiger partial charge in [0.05, 0.1) is 17.4 Å². The number of hydrogen-bond acceptors (Lipinski definition) is 3. The van der Waals surface area contributed by atoms with Crippen molar-refractivity contribution in [2.45, 2.75) is 25.9 Å². The molecule has 0 radical (unpaired) electrons. The van der Waals surface area contributed by atoms with Gasteiger partial charge in [0, 0.05) is 32.6 Å². The fourth-order valence-electron chi connectivity index (χ4n) is 3.82. The van der Waals surface area contributed by atoms with E-state index >= 15 is 0 Å². The van der Waals surface area contributed by atoms with E-state index in [-0.39, 0.29) is 5.91 Å². The minimum atomic E-state index is 0.120. The van der Waals surface area contributed by atoms with Gasteiger partial charge in [-0.1, -0.05) is 42.5 Å². The molecule has 0 saturated carbocycles. The number of rotatable bonds is 7. The fraction of sp³-hybridized carbons (Fsp3) is 0.364. The monoisotopic (exact) mass is 362 g/mol. The number of aryl methyl sites for hydroxylation is 1. The number of hydrogen-bond donors (Lipinski definition) is 1. The summed E-state index contributed by atoms with van der Waals surface area (Å²) in [6.07, 6.45) is 3.45. The number of nitrogens with zero attached hydrogens (tertiary/aromatic N) is 3. The van der Waals surface area contributed by atoms with Crippen molar-refractivity contribution in [3.63, 3.8) is 0 Å². The number of nitrogens with one attached hydrogen (secondary N) is 1. The smallest absolute Gasteiger partial charge is 0.221 e. The van der Waals surface area contributed by atoms with E-state index in [4.69, 9.17) is 0 Å². The lowest BCUT2D eigenvalue weighted by Crippen LogP contribution is -2.31. The number of para-hydroxylation sites is 2. The molecule has 0 bridgehead atoms. The van der Waals surface area contributed by atoms with Crippen molar-refractivity contribution >= 4 is 16.9 Å². The molecule has 1 aliphatic heterocycles. The van der Waals surface area contributed by atoms with Crippen molar-refractivity contribution < 1.29 is 4.79 Å². The van der Waals surface area contributed by atoms with Gasteiger partial charge >= 0.3 is 0 Å². The lowest BCUT2D eigenvalue weighted by atomic mass is 10.1. The van der Waals surface area contributed by atoms with E-state index in [0.29, 0.717) is 18.9 Å². The number of aromatic nitrogens is 2. The molecule has 1 fully saturated rings. The highest BCUT2D eigenvalue weighted by atomic mass is 16.1. The molecule has 1 aromatic heterocycles. The van der Waals surface area contributed by atoms with Gasteiger partial charge in [-0.3, -0.25) is 9.69 Å². The molecule has 2 heterocycles. The largest absolute Gasteiger partial charge is 0.356 e. The van der Waals surface area contributed by atoms with Gasteiger partial charge in [0.1, 0.15) is 0 Å². The molecule has 1 amide bonds. The van der Waals surface area contributed by atoms with E-state index in [1.54, 1.807) is 0 Å². The molecule has 5 heteroatoms. The topological polar surface area (TPSA) is 50.2 Å². The van der Waals surface area contributed by atoms with Crippen molar-refractivity contribution in [1.29, 1.82) is 0 Å². The van der Waals surface area contributed by atoms with Crippen LogP contribution < -0.4 is 5.32 Å². The van der Waals surface area contributed by atoms with Crippen LogP contribution in [0.15, 0.2) is 60.9 Å². The number of fused-ring (bicyclic) bond motifs is 1. The Morgan fingerprint density at radius 3 is 2.81 bits per heavy atom. The molecule has 1 unspecified atom stereocenters. The maximum absolute atomic E-state index is 12.2. The minimum absolute atomic E-state index is 0.120. The maximum atomic E-state index is 12.2. The summed E-state index contributed by atoms with van der Waals surface area (Å²) >= 11 is 0. The van der Waals surface area contributed by atoms with Gasteiger partial charge in [-0.2, -0.15) is 0 Å². The first-order valence-corrected chi connectivity index (χ1v) is 9.71. The molecule has 1 atom stereocenters. The molecule has 27 heavy (non-hydrogen) atoms. The van der Waals surface area contributed by atoms with Gasteiger partial charge in [0.15, 0.2) is 0 Å². The van der Waals surface area contributed by atoms with Gasteiger partial charge in [-0.25, -0.2) is 4.98 Å². The summed E-state index contributed by atoms with van der Waals surface area (Å²) in [5.41, 5.74) is 3.41. The summed E-state index contributed by atoms with van der Waals surface area (Å²) in [6, 6.07) is 18.6. The Labute approximate surface area is 160 Å². The second kappa shape index (κ2) is 8.35. The molecule has 1 saturated heterocycles. The van der Waals surface area contributed by atoms with E-state index in [1.165, 1.54) is 5.56 Å². The zero-order valence-corrected chi connectivity index (χ0v) is 15.6. The fourth-order valence-corrected chi connectivity index (χ4v) is 3.82. The lowest BCUT2D eigenvalue weighted by molar-refractivity contribution is -0.121. The summed E-state index contributed by atoms with van der Waals surface area (Å²) < 4.78 is 2.05. The van der Waals surface area contributed by atoms with Crippen LogP contribution in [0.5, 0.6) is 0 Å².